The summed E-state index contributed by atoms with van der Waals surface area (Å²) in [6, 6.07) is 10.5. The van der Waals surface area contributed by atoms with E-state index in [1.54, 1.807) is 48.8 Å². The highest BCUT2D eigenvalue weighted by Gasteiger charge is 2.41. The Hall–Kier alpha value is -0.190. The van der Waals surface area contributed by atoms with E-state index in [4.69, 9.17) is 46.4 Å². The van der Waals surface area contributed by atoms with Crippen LogP contribution in [0.3, 0.4) is 0 Å². The molecule has 0 radical (unpaired) electrons. The van der Waals surface area contributed by atoms with Crippen LogP contribution in [0.5, 0.6) is 0 Å². The third-order valence-electron chi connectivity index (χ3n) is 2.18. The molecule has 2 nitrogen and oxygen atoms in total. The summed E-state index contributed by atoms with van der Waals surface area (Å²) in [5, 5.41) is 0. The van der Waals surface area contributed by atoms with E-state index in [0.29, 0.717) is 11.4 Å². The van der Waals surface area contributed by atoms with Crippen LogP contribution in [0.15, 0.2) is 48.8 Å². The predicted molar refractivity (Wildman–Crippen MR) is 82.8 cm³/mol. The largest absolute Gasteiger partial charge is 0.257 e. The molecule has 0 bridgehead atoms. The van der Waals surface area contributed by atoms with E-state index in [0.717, 1.165) is 11.8 Å². The quantitative estimate of drug-likeness (QED) is 0.716. The fraction of sp³-hybridized carbons (Fsp3) is 0.167. The van der Waals surface area contributed by atoms with Gasteiger partial charge in [-0.25, -0.2) is 0 Å². The standard InChI is InChI=1S/C12H8Cl4N2S/c13-11(14,9-5-1-3-7-17-9)19-12(15,16)10-6-2-4-8-18-10/h1-8H. The maximum Gasteiger partial charge on any atom is 0.208 e. The average Bonchev–Trinajstić information content (AvgIpc) is 2.40. The number of aromatic nitrogens is 2. The molecule has 2 rings (SSSR count). The van der Waals surface area contributed by atoms with Crippen molar-refractivity contribution in [3.8, 4) is 0 Å². The predicted octanol–water partition coefficient (Wildman–Crippen LogP) is 5.09. The van der Waals surface area contributed by atoms with E-state index >= 15 is 0 Å². The van der Waals surface area contributed by atoms with E-state index < -0.39 is 7.33 Å². The molecule has 19 heavy (non-hydrogen) atoms. The van der Waals surface area contributed by atoms with Crippen molar-refractivity contribution in [3.63, 3.8) is 0 Å². The zero-order valence-corrected chi connectivity index (χ0v) is 13.3. The Morgan fingerprint density at radius 2 is 1.16 bits per heavy atom. The summed E-state index contributed by atoms with van der Waals surface area (Å²) >= 11 is 26.0. The van der Waals surface area contributed by atoms with Crippen LogP contribution in [-0.4, -0.2) is 9.97 Å². The van der Waals surface area contributed by atoms with Crippen LogP contribution in [-0.2, 0) is 7.33 Å². The smallest absolute Gasteiger partial charge is 0.208 e. The summed E-state index contributed by atoms with van der Waals surface area (Å²) in [6.45, 7) is 0. The molecule has 0 aliphatic heterocycles. The van der Waals surface area contributed by atoms with Crippen LogP contribution in [0.4, 0.5) is 0 Å². The fourth-order valence-corrected chi connectivity index (χ4v) is 4.42. The molecule has 0 amide bonds. The number of halogens is 4. The Morgan fingerprint density at radius 1 is 0.737 bits per heavy atom. The summed E-state index contributed by atoms with van der Waals surface area (Å²) in [5.41, 5.74) is 0.926. The van der Waals surface area contributed by atoms with Crippen molar-refractivity contribution in [1.29, 1.82) is 0 Å². The van der Waals surface area contributed by atoms with Gasteiger partial charge in [0.2, 0.25) is 7.33 Å². The first kappa shape index (κ1) is 15.2. The lowest BCUT2D eigenvalue weighted by Crippen LogP contribution is -2.17. The maximum absolute atomic E-state index is 6.27. The Bertz CT molecular complexity index is 484. The Balaban J connectivity index is 2.25. The van der Waals surface area contributed by atoms with Gasteiger partial charge < -0.3 is 0 Å². The van der Waals surface area contributed by atoms with Gasteiger partial charge in [-0.3, -0.25) is 9.97 Å². The van der Waals surface area contributed by atoms with Crippen molar-refractivity contribution in [2.24, 2.45) is 0 Å². The highest BCUT2D eigenvalue weighted by Crippen LogP contribution is 2.57. The van der Waals surface area contributed by atoms with E-state index in [9.17, 15) is 0 Å². The molecule has 7 heteroatoms. The minimum Gasteiger partial charge on any atom is -0.257 e. The second-order valence-corrected chi connectivity index (χ2v) is 8.55. The molecule has 100 valence electrons. The first-order valence-corrected chi connectivity index (χ1v) is 7.53. The molecule has 0 spiro atoms. The van der Waals surface area contributed by atoms with Gasteiger partial charge in [-0.2, -0.15) is 0 Å². The van der Waals surface area contributed by atoms with Crippen LogP contribution in [0.1, 0.15) is 11.4 Å². The summed E-state index contributed by atoms with van der Waals surface area (Å²) in [6.07, 6.45) is 3.20. The van der Waals surface area contributed by atoms with Gasteiger partial charge in [-0.05, 0) is 24.3 Å². The molecule has 0 unspecified atom stereocenters. The van der Waals surface area contributed by atoms with Gasteiger partial charge in [-0.1, -0.05) is 70.3 Å². The number of rotatable bonds is 4. The van der Waals surface area contributed by atoms with Gasteiger partial charge in [0, 0.05) is 12.4 Å². The SMILES string of the molecule is ClC(Cl)(SC(Cl)(Cl)c1ccccn1)c1ccccn1. The molecule has 2 aromatic heterocycles. The van der Waals surface area contributed by atoms with Gasteiger partial charge in [0.25, 0.3) is 0 Å². The minimum atomic E-state index is -1.37. The second-order valence-electron chi connectivity index (χ2n) is 3.57. The molecule has 0 aromatic carbocycles. The van der Waals surface area contributed by atoms with Gasteiger partial charge in [0.05, 0.1) is 11.4 Å². The fourth-order valence-electron chi connectivity index (χ4n) is 1.34. The molecule has 2 heterocycles. The van der Waals surface area contributed by atoms with Crippen LogP contribution < -0.4 is 0 Å². The molecule has 0 saturated carbocycles. The van der Waals surface area contributed by atoms with E-state index in [2.05, 4.69) is 9.97 Å². The maximum atomic E-state index is 6.27. The number of pyridine rings is 2. The van der Waals surface area contributed by atoms with Crippen molar-refractivity contribution in [2.45, 2.75) is 7.33 Å². The van der Waals surface area contributed by atoms with Crippen LogP contribution >= 0.6 is 58.2 Å². The highest BCUT2D eigenvalue weighted by atomic mass is 35.5. The van der Waals surface area contributed by atoms with E-state index in [-0.39, 0.29) is 0 Å². The van der Waals surface area contributed by atoms with Crippen molar-refractivity contribution < 1.29 is 0 Å². The number of hydrogen-bond acceptors (Lipinski definition) is 3. The lowest BCUT2D eigenvalue weighted by molar-refractivity contribution is 1.05. The molecular formula is C12H8Cl4N2S. The summed E-state index contributed by atoms with van der Waals surface area (Å²) in [4.78, 5) is 8.21. The molecule has 0 atom stereocenters. The van der Waals surface area contributed by atoms with Gasteiger partial charge in [0.15, 0.2) is 0 Å². The molecular weight excluding hydrogens is 346 g/mol. The molecule has 0 aliphatic rings. The molecule has 2 aromatic rings. The van der Waals surface area contributed by atoms with Crippen LogP contribution in [0, 0.1) is 0 Å². The zero-order valence-electron chi connectivity index (χ0n) is 9.43. The topological polar surface area (TPSA) is 25.8 Å². The molecule has 0 aliphatic carbocycles. The first-order valence-electron chi connectivity index (χ1n) is 5.21. The molecule has 0 saturated heterocycles. The van der Waals surface area contributed by atoms with Crippen molar-refractivity contribution in [2.75, 3.05) is 0 Å². The zero-order chi connectivity index (χ0) is 13.9. The third kappa shape index (κ3) is 3.89. The second kappa shape index (κ2) is 6.06. The Kier molecular flexibility index (Phi) is 4.85. The van der Waals surface area contributed by atoms with Crippen molar-refractivity contribution >= 4 is 58.2 Å². The Labute approximate surface area is 135 Å². The Morgan fingerprint density at radius 3 is 1.47 bits per heavy atom. The molecule has 0 N–H and O–H groups in total. The summed E-state index contributed by atoms with van der Waals surface area (Å²) in [7, 11) is 0. The van der Waals surface area contributed by atoms with Crippen LogP contribution in [0.2, 0.25) is 0 Å². The number of alkyl halides is 4. The first-order chi connectivity index (χ1) is 8.92. The van der Waals surface area contributed by atoms with Crippen molar-refractivity contribution in [3.05, 3.63) is 60.2 Å². The van der Waals surface area contributed by atoms with Crippen LogP contribution in [0.25, 0.3) is 0 Å². The summed E-state index contributed by atoms with van der Waals surface area (Å²) < 4.78 is -2.75. The highest BCUT2D eigenvalue weighted by molar-refractivity contribution is 8.05. The van der Waals surface area contributed by atoms with Gasteiger partial charge in [-0.15, -0.1) is 0 Å². The van der Waals surface area contributed by atoms with Gasteiger partial charge >= 0.3 is 0 Å². The number of nitrogens with zero attached hydrogens (tertiary/aromatic N) is 2. The normalized spacial score (nSPS) is 12.4. The summed E-state index contributed by atoms with van der Waals surface area (Å²) in [5.74, 6) is 0. The van der Waals surface area contributed by atoms with Crippen molar-refractivity contribution in [1.82, 2.24) is 9.97 Å². The number of thioether (sulfide) groups is 1. The third-order valence-corrected chi connectivity index (χ3v) is 4.81. The van der Waals surface area contributed by atoms with E-state index in [1.807, 2.05) is 0 Å². The lowest BCUT2D eigenvalue weighted by Gasteiger charge is -2.26. The monoisotopic (exact) mass is 352 g/mol. The molecule has 0 fully saturated rings. The number of hydrogen-bond donors (Lipinski definition) is 0. The van der Waals surface area contributed by atoms with E-state index in [1.165, 1.54) is 0 Å². The minimum absolute atomic E-state index is 0.463. The average molecular weight is 354 g/mol. The van der Waals surface area contributed by atoms with Gasteiger partial charge in [0.1, 0.15) is 0 Å². The lowest BCUT2D eigenvalue weighted by atomic mass is 10.4.